The Balaban J connectivity index is 1.35. The summed E-state index contributed by atoms with van der Waals surface area (Å²) in [6.07, 6.45) is 4.54. The lowest BCUT2D eigenvalue weighted by Gasteiger charge is -2.28. The molecule has 2 aromatic rings. The lowest BCUT2D eigenvalue weighted by molar-refractivity contribution is 0.169. The van der Waals surface area contributed by atoms with Crippen molar-refractivity contribution in [1.82, 2.24) is 19.9 Å². The van der Waals surface area contributed by atoms with Crippen LogP contribution in [0.5, 0.6) is 5.75 Å². The number of benzene rings is 1. The molecule has 2 aliphatic rings. The van der Waals surface area contributed by atoms with Crippen molar-refractivity contribution in [3.63, 3.8) is 0 Å². The maximum Gasteiger partial charge on any atom is 0.135 e. The summed E-state index contributed by atoms with van der Waals surface area (Å²) in [4.78, 5) is 2.37. The minimum atomic E-state index is 0.229. The molecule has 0 bridgehead atoms. The normalized spacial score (nSPS) is 19.2. The van der Waals surface area contributed by atoms with Crippen molar-refractivity contribution in [2.24, 2.45) is 11.8 Å². The number of piperidine rings is 1. The van der Waals surface area contributed by atoms with Crippen molar-refractivity contribution in [1.29, 1.82) is 5.26 Å². The number of hydrogen-bond donors (Lipinski definition) is 0. The van der Waals surface area contributed by atoms with Crippen LogP contribution in [0, 0.1) is 23.2 Å². The highest BCUT2D eigenvalue weighted by atomic mass is 79.9. The molecule has 0 amide bonds. The molecular weight excluding hydrogens is 382 g/mol. The van der Waals surface area contributed by atoms with Crippen LogP contribution in [0.2, 0.25) is 0 Å². The third-order valence-electron chi connectivity index (χ3n) is 5.15. The molecule has 0 spiro atoms. The Morgan fingerprint density at radius 3 is 2.76 bits per heavy atom. The van der Waals surface area contributed by atoms with E-state index in [2.05, 4.69) is 43.3 Å². The number of rotatable bonds is 6. The molecule has 0 N–H and O–H groups in total. The van der Waals surface area contributed by atoms with E-state index < -0.39 is 0 Å². The van der Waals surface area contributed by atoms with Crippen LogP contribution in [0.1, 0.15) is 25.7 Å². The van der Waals surface area contributed by atoms with E-state index in [0.29, 0.717) is 6.61 Å². The number of halogens is 1. The summed E-state index contributed by atoms with van der Waals surface area (Å²) in [7, 11) is 0. The molecule has 2 heterocycles. The molecule has 1 saturated heterocycles. The summed E-state index contributed by atoms with van der Waals surface area (Å²) >= 11 is 3.63. The molecule has 0 radical (unpaired) electrons. The zero-order valence-corrected chi connectivity index (χ0v) is 15.8. The Kier molecular flexibility index (Phi) is 4.91. The van der Waals surface area contributed by atoms with E-state index in [1.54, 1.807) is 0 Å². The number of hydrogen-bond acceptors (Lipinski definition) is 5. The van der Waals surface area contributed by atoms with Crippen LogP contribution < -0.4 is 4.74 Å². The van der Waals surface area contributed by atoms with Crippen LogP contribution in [0.25, 0.3) is 11.0 Å². The van der Waals surface area contributed by atoms with Crippen LogP contribution >= 0.6 is 15.9 Å². The Morgan fingerprint density at radius 1 is 1.24 bits per heavy atom. The fraction of sp³-hybridized carbons (Fsp3) is 0.611. The van der Waals surface area contributed by atoms with Crippen LogP contribution in [0.3, 0.4) is 0 Å². The molecular formula is C18H22BrN5O. The summed E-state index contributed by atoms with van der Waals surface area (Å²) in [6, 6.07) is 6.42. The van der Waals surface area contributed by atoms with Gasteiger partial charge in [0.15, 0.2) is 0 Å². The number of nitriles is 1. The minimum Gasteiger partial charge on any atom is -0.491 e. The van der Waals surface area contributed by atoms with Gasteiger partial charge in [-0.25, -0.2) is 4.68 Å². The Morgan fingerprint density at radius 2 is 2.04 bits per heavy atom. The maximum atomic E-state index is 8.96. The SMILES string of the molecule is N#CC1CCN(CCOc2ccc3c(nnn3CC3CC3)c2Br)CC1. The van der Waals surface area contributed by atoms with E-state index in [1.165, 1.54) is 12.8 Å². The first-order valence-corrected chi connectivity index (χ1v) is 9.80. The molecule has 4 rings (SSSR count). The fourth-order valence-corrected chi connectivity index (χ4v) is 3.88. The van der Waals surface area contributed by atoms with Crippen molar-refractivity contribution in [3.05, 3.63) is 16.6 Å². The second kappa shape index (κ2) is 7.30. The summed E-state index contributed by atoms with van der Waals surface area (Å²) in [6.45, 7) is 4.45. The van der Waals surface area contributed by atoms with Gasteiger partial charge in [0.05, 0.1) is 16.1 Å². The van der Waals surface area contributed by atoms with E-state index in [9.17, 15) is 0 Å². The second-order valence-corrected chi connectivity index (χ2v) is 7.85. The molecule has 1 aromatic heterocycles. The number of fused-ring (bicyclic) bond motifs is 1. The highest BCUT2D eigenvalue weighted by Crippen LogP contribution is 2.34. The summed E-state index contributed by atoms with van der Waals surface area (Å²) in [5.41, 5.74) is 1.93. The van der Waals surface area contributed by atoms with Gasteiger partial charge in [-0.1, -0.05) is 5.21 Å². The topological polar surface area (TPSA) is 67.0 Å². The number of nitrogens with zero attached hydrogens (tertiary/aromatic N) is 5. The second-order valence-electron chi connectivity index (χ2n) is 7.05. The van der Waals surface area contributed by atoms with Crippen LogP contribution in [0.15, 0.2) is 16.6 Å². The van der Waals surface area contributed by atoms with E-state index in [0.717, 1.165) is 66.2 Å². The highest BCUT2D eigenvalue weighted by Gasteiger charge is 2.24. The first kappa shape index (κ1) is 16.8. The summed E-state index contributed by atoms with van der Waals surface area (Å²) in [5, 5.41) is 17.6. The largest absolute Gasteiger partial charge is 0.491 e. The minimum absolute atomic E-state index is 0.229. The van der Waals surface area contributed by atoms with Gasteiger partial charge in [-0.3, -0.25) is 4.90 Å². The lowest BCUT2D eigenvalue weighted by atomic mass is 9.99. The Labute approximate surface area is 155 Å². The number of aromatic nitrogens is 3. The molecule has 7 heteroatoms. The van der Waals surface area contributed by atoms with Gasteiger partial charge in [-0.2, -0.15) is 5.26 Å². The van der Waals surface area contributed by atoms with Gasteiger partial charge in [0.1, 0.15) is 17.9 Å². The third kappa shape index (κ3) is 3.80. The zero-order valence-electron chi connectivity index (χ0n) is 14.2. The fourth-order valence-electron chi connectivity index (χ4n) is 3.35. The van der Waals surface area contributed by atoms with Gasteiger partial charge >= 0.3 is 0 Å². The van der Waals surface area contributed by atoms with E-state index in [1.807, 2.05) is 10.7 Å². The molecule has 132 valence electrons. The molecule has 1 saturated carbocycles. The van der Waals surface area contributed by atoms with E-state index in [-0.39, 0.29) is 5.92 Å². The molecule has 1 aliphatic heterocycles. The molecule has 2 fully saturated rings. The summed E-state index contributed by atoms with van der Waals surface area (Å²) in [5.74, 6) is 1.81. The molecule has 25 heavy (non-hydrogen) atoms. The molecule has 0 atom stereocenters. The van der Waals surface area contributed by atoms with Crippen molar-refractivity contribution in [3.8, 4) is 11.8 Å². The zero-order chi connectivity index (χ0) is 17.2. The monoisotopic (exact) mass is 403 g/mol. The van der Waals surface area contributed by atoms with Crippen molar-refractivity contribution >= 4 is 27.0 Å². The molecule has 1 aromatic carbocycles. The van der Waals surface area contributed by atoms with Gasteiger partial charge in [0.2, 0.25) is 0 Å². The molecule has 0 unspecified atom stereocenters. The van der Waals surface area contributed by atoms with Gasteiger partial charge in [-0.15, -0.1) is 5.10 Å². The van der Waals surface area contributed by atoms with Crippen molar-refractivity contribution < 1.29 is 4.74 Å². The smallest absolute Gasteiger partial charge is 0.135 e. The Hall–Kier alpha value is -1.65. The molecule has 1 aliphatic carbocycles. The predicted molar refractivity (Wildman–Crippen MR) is 98.2 cm³/mol. The van der Waals surface area contributed by atoms with Crippen LogP contribution in [-0.4, -0.2) is 46.1 Å². The first-order valence-electron chi connectivity index (χ1n) is 9.01. The number of likely N-dealkylation sites (tertiary alicyclic amines) is 1. The van der Waals surface area contributed by atoms with E-state index in [4.69, 9.17) is 10.00 Å². The van der Waals surface area contributed by atoms with Crippen molar-refractivity contribution in [2.45, 2.75) is 32.2 Å². The predicted octanol–water partition coefficient (Wildman–Crippen LogP) is 3.22. The lowest BCUT2D eigenvalue weighted by Crippen LogP contribution is -2.36. The third-order valence-corrected chi connectivity index (χ3v) is 5.92. The average Bonchev–Trinajstić information content (AvgIpc) is 3.36. The van der Waals surface area contributed by atoms with Gasteiger partial charge in [0.25, 0.3) is 0 Å². The first-order chi connectivity index (χ1) is 12.2. The number of ether oxygens (including phenoxy) is 1. The van der Waals surface area contributed by atoms with Crippen molar-refractivity contribution in [2.75, 3.05) is 26.2 Å². The van der Waals surface area contributed by atoms with Gasteiger partial charge in [0, 0.05) is 19.0 Å². The average molecular weight is 404 g/mol. The summed E-state index contributed by atoms with van der Waals surface area (Å²) < 4.78 is 8.86. The van der Waals surface area contributed by atoms with E-state index >= 15 is 0 Å². The van der Waals surface area contributed by atoms with Gasteiger partial charge < -0.3 is 4.74 Å². The maximum absolute atomic E-state index is 8.96. The van der Waals surface area contributed by atoms with Gasteiger partial charge in [-0.05, 0) is 72.8 Å². The Bertz CT molecular complexity index is 787. The van der Waals surface area contributed by atoms with Crippen LogP contribution in [-0.2, 0) is 6.54 Å². The quantitative estimate of drug-likeness (QED) is 0.740. The molecule has 6 nitrogen and oxygen atoms in total. The highest BCUT2D eigenvalue weighted by molar-refractivity contribution is 9.10. The van der Waals surface area contributed by atoms with Crippen LogP contribution in [0.4, 0.5) is 0 Å². The standard InChI is InChI=1S/C18H22BrN5O/c19-17-16(25-10-9-23-7-5-13(11-20)6-8-23)4-3-15-18(17)21-22-24(15)12-14-1-2-14/h3-4,13-14H,1-2,5-10,12H2.